The molecular weight excluding hydrogens is 374 g/mol. The lowest BCUT2D eigenvalue weighted by Crippen LogP contribution is -2.40. The van der Waals surface area contributed by atoms with Gasteiger partial charge >= 0.3 is 0 Å². The van der Waals surface area contributed by atoms with Crippen LogP contribution in [0.2, 0.25) is 5.02 Å². The molecule has 0 spiro atoms. The van der Waals surface area contributed by atoms with E-state index in [0.29, 0.717) is 34.8 Å². The molecule has 0 N–H and O–H groups in total. The van der Waals surface area contributed by atoms with E-state index in [0.717, 1.165) is 38.5 Å². The lowest BCUT2D eigenvalue weighted by Gasteiger charge is -2.32. The first-order valence-corrected chi connectivity index (χ1v) is 10.9. The molecule has 28 heavy (non-hydrogen) atoms. The van der Waals surface area contributed by atoms with E-state index in [2.05, 4.69) is 6.92 Å². The Morgan fingerprint density at radius 1 is 1.32 bits per heavy atom. The van der Waals surface area contributed by atoms with E-state index < -0.39 is 0 Å². The Hall–Kier alpha value is -1.88. The lowest BCUT2D eigenvalue weighted by atomic mass is 10.0. The molecule has 0 aliphatic heterocycles. The van der Waals surface area contributed by atoms with E-state index in [9.17, 15) is 9.59 Å². The van der Waals surface area contributed by atoms with Crippen LogP contribution in [0.3, 0.4) is 0 Å². The first kappa shape index (κ1) is 20.8. The van der Waals surface area contributed by atoms with Crippen LogP contribution in [0.4, 0.5) is 0 Å². The minimum Gasteiger partial charge on any atom is -0.333 e. The number of rotatable bonds is 7. The smallest absolute Gasteiger partial charge is 0.261 e. The fraction of sp³-hybridized carbons (Fsp3) is 0.591. The predicted molar refractivity (Wildman–Crippen MR) is 114 cm³/mol. The van der Waals surface area contributed by atoms with Gasteiger partial charge < -0.3 is 4.90 Å². The van der Waals surface area contributed by atoms with E-state index in [1.807, 2.05) is 18.7 Å². The number of aromatic nitrogens is 2. The fourth-order valence-electron chi connectivity index (χ4n) is 4.20. The van der Waals surface area contributed by atoms with E-state index in [1.54, 1.807) is 22.8 Å². The maximum Gasteiger partial charge on any atom is 0.261 e. The molecular formula is C22H30ClN3O2. The van der Waals surface area contributed by atoms with E-state index >= 15 is 0 Å². The van der Waals surface area contributed by atoms with Crippen LogP contribution in [-0.2, 0) is 11.3 Å². The molecule has 1 saturated carbocycles. The zero-order chi connectivity index (χ0) is 20.3. The van der Waals surface area contributed by atoms with Gasteiger partial charge in [-0.15, -0.1) is 0 Å². The SMILES string of the molecule is CCCCN(C(=O)C1CCCC1)C(C)c1nc2ccc(Cl)cc2c(=O)n1CC. The van der Waals surface area contributed by atoms with Gasteiger partial charge in [0.15, 0.2) is 0 Å². The van der Waals surface area contributed by atoms with Crippen LogP contribution < -0.4 is 5.56 Å². The summed E-state index contributed by atoms with van der Waals surface area (Å²) >= 11 is 6.08. The molecule has 2 aromatic rings. The molecule has 152 valence electrons. The molecule has 1 aromatic carbocycles. The van der Waals surface area contributed by atoms with Crippen LogP contribution in [0.1, 0.15) is 71.2 Å². The Balaban J connectivity index is 2.05. The monoisotopic (exact) mass is 403 g/mol. The molecule has 1 fully saturated rings. The third-order valence-corrected chi connectivity index (χ3v) is 6.08. The van der Waals surface area contributed by atoms with Crippen molar-refractivity contribution in [2.24, 2.45) is 5.92 Å². The first-order valence-electron chi connectivity index (χ1n) is 10.5. The molecule has 3 rings (SSSR count). The van der Waals surface area contributed by atoms with Gasteiger partial charge in [-0.3, -0.25) is 14.2 Å². The van der Waals surface area contributed by atoms with Crippen molar-refractivity contribution in [3.8, 4) is 0 Å². The van der Waals surface area contributed by atoms with Gasteiger partial charge in [0.25, 0.3) is 5.56 Å². The molecule has 0 bridgehead atoms. The van der Waals surface area contributed by atoms with Gasteiger partial charge in [0.05, 0.1) is 16.9 Å². The minimum atomic E-state index is -0.243. The lowest BCUT2D eigenvalue weighted by molar-refractivity contribution is -0.137. The summed E-state index contributed by atoms with van der Waals surface area (Å²) < 4.78 is 1.68. The summed E-state index contributed by atoms with van der Waals surface area (Å²) in [7, 11) is 0. The Kier molecular flexibility index (Phi) is 6.76. The van der Waals surface area contributed by atoms with Gasteiger partial charge in [-0.1, -0.05) is 37.8 Å². The zero-order valence-electron chi connectivity index (χ0n) is 17.1. The van der Waals surface area contributed by atoms with Crippen molar-refractivity contribution in [2.45, 2.75) is 71.9 Å². The van der Waals surface area contributed by atoms with E-state index in [1.165, 1.54) is 0 Å². The van der Waals surface area contributed by atoms with Crippen molar-refractivity contribution in [1.29, 1.82) is 0 Å². The highest BCUT2D eigenvalue weighted by molar-refractivity contribution is 6.31. The molecule has 0 radical (unpaired) electrons. The molecule has 1 unspecified atom stereocenters. The van der Waals surface area contributed by atoms with Crippen molar-refractivity contribution in [2.75, 3.05) is 6.54 Å². The summed E-state index contributed by atoms with van der Waals surface area (Å²) in [5.41, 5.74) is 0.533. The number of hydrogen-bond acceptors (Lipinski definition) is 3. The standard InChI is InChI=1S/C22H30ClN3O2/c1-4-6-13-26(21(27)16-9-7-8-10-16)15(3)20-24-19-12-11-17(23)14-18(19)22(28)25(20)5-2/h11-12,14-16H,4-10,13H2,1-3H3. The summed E-state index contributed by atoms with van der Waals surface area (Å²) in [5.74, 6) is 0.983. The van der Waals surface area contributed by atoms with Gasteiger partial charge in [0, 0.05) is 24.0 Å². The van der Waals surface area contributed by atoms with Gasteiger partial charge in [0.1, 0.15) is 5.82 Å². The van der Waals surface area contributed by atoms with Crippen LogP contribution in [0, 0.1) is 5.92 Å². The first-order chi connectivity index (χ1) is 13.5. The molecule has 6 heteroatoms. The van der Waals surface area contributed by atoms with Crippen molar-refractivity contribution < 1.29 is 4.79 Å². The number of amides is 1. The summed E-state index contributed by atoms with van der Waals surface area (Å²) in [5, 5.41) is 1.04. The molecule has 0 saturated heterocycles. The summed E-state index contributed by atoms with van der Waals surface area (Å²) in [4.78, 5) is 33.1. The zero-order valence-corrected chi connectivity index (χ0v) is 17.8. The minimum absolute atomic E-state index is 0.0967. The van der Waals surface area contributed by atoms with Crippen molar-refractivity contribution in [3.63, 3.8) is 0 Å². The average molecular weight is 404 g/mol. The quantitative estimate of drug-likeness (QED) is 0.657. The van der Waals surface area contributed by atoms with E-state index in [-0.39, 0.29) is 23.4 Å². The summed E-state index contributed by atoms with van der Waals surface area (Å²) in [6.45, 7) is 7.27. The second kappa shape index (κ2) is 9.08. The number of fused-ring (bicyclic) bond motifs is 1. The molecule has 5 nitrogen and oxygen atoms in total. The highest BCUT2D eigenvalue weighted by Gasteiger charge is 2.32. The Morgan fingerprint density at radius 3 is 2.68 bits per heavy atom. The Labute approximate surface area is 171 Å². The second-order valence-corrected chi connectivity index (χ2v) is 8.16. The number of halogens is 1. The topological polar surface area (TPSA) is 55.2 Å². The van der Waals surface area contributed by atoms with Crippen LogP contribution in [0.25, 0.3) is 10.9 Å². The predicted octanol–water partition coefficient (Wildman–Crippen LogP) is 4.95. The highest BCUT2D eigenvalue weighted by Crippen LogP contribution is 2.30. The van der Waals surface area contributed by atoms with E-state index in [4.69, 9.17) is 16.6 Å². The van der Waals surface area contributed by atoms with Gasteiger partial charge in [0.2, 0.25) is 5.91 Å². The van der Waals surface area contributed by atoms with Gasteiger partial charge in [-0.05, 0) is 51.3 Å². The van der Waals surface area contributed by atoms with Crippen LogP contribution in [0.5, 0.6) is 0 Å². The number of hydrogen-bond donors (Lipinski definition) is 0. The number of benzene rings is 1. The third kappa shape index (κ3) is 4.09. The summed E-state index contributed by atoms with van der Waals surface area (Å²) in [6.07, 6.45) is 6.16. The highest BCUT2D eigenvalue weighted by atomic mass is 35.5. The molecule has 1 aliphatic rings. The second-order valence-electron chi connectivity index (χ2n) is 7.72. The maximum absolute atomic E-state index is 13.3. The largest absolute Gasteiger partial charge is 0.333 e. The van der Waals surface area contributed by atoms with Gasteiger partial charge in [-0.25, -0.2) is 4.98 Å². The number of nitrogens with zero attached hydrogens (tertiary/aromatic N) is 3. The molecule has 1 atom stereocenters. The van der Waals surface area contributed by atoms with Gasteiger partial charge in [-0.2, -0.15) is 0 Å². The normalized spacial score (nSPS) is 15.9. The van der Waals surface area contributed by atoms with Crippen LogP contribution >= 0.6 is 11.6 Å². The maximum atomic E-state index is 13.3. The third-order valence-electron chi connectivity index (χ3n) is 5.84. The fourth-order valence-corrected chi connectivity index (χ4v) is 4.38. The van der Waals surface area contributed by atoms with Crippen molar-refractivity contribution in [3.05, 3.63) is 39.4 Å². The number of unbranched alkanes of at least 4 members (excludes halogenated alkanes) is 1. The molecule has 1 amide bonds. The molecule has 1 aromatic heterocycles. The number of carbonyl (C=O) groups is 1. The Bertz CT molecular complexity index is 903. The molecule has 1 heterocycles. The van der Waals surface area contributed by atoms with Crippen LogP contribution in [-0.4, -0.2) is 26.9 Å². The average Bonchev–Trinajstić information content (AvgIpc) is 3.23. The van der Waals surface area contributed by atoms with Crippen molar-refractivity contribution in [1.82, 2.24) is 14.5 Å². The number of carbonyl (C=O) groups excluding carboxylic acids is 1. The van der Waals surface area contributed by atoms with Crippen molar-refractivity contribution >= 4 is 28.4 Å². The summed E-state index contributed by atoms with van der Waals surface area (Å²) in [6, 6.07) is 4.96. The van der Waals surface area contributed by atoms with Crippen LogP contribution in [0.15, 0.2) is 23.0 Å². The molecule has 1 aliphatic carbocycles. The Morgan fingerprint density at radius 2 is 2.04 bits per heavy atom.